The third kappa shape index (κ3) is 4.87. The van der Waals surface area contributed by atoms with Gasteiger partial charge in [-0.15, -0.1) is 0 Å². The van der Waals surface area contributed by atoms with E-state index < -0.39 is 17.8 Å². The van der Waals surface area contributed by atoms with Gasteiger partial charge >= 0.3 is 11.9 Å². The van der Waals surface area contributed by atoms with Crippen molar-refractivity contribution in [3.05, 3.63) is 71.8 Å². The van der Waals surface area contributed by atoms with Crippen molar-refractivity contribution in [2.45, 2.75) is 50.9 Å². The van der Waals surface area contributed by atoms with E-state index in [0.29, 0.717) is 6.61 Å². The van der Waals surface area contributed by atoms with Crippen LogP contribution in [0.15, 0.2) is 60.7 Å². The Morgan fingerprint density at radius 3 is 1.79 bits per heavy atom. The second-order valence-electron chi connectivity index (χ2n) is 7.84. The summed E-state index contributed by atoms with van der Waals surface area (Å²) in [5.41, 5.74) is 1.77. The fourth-order valence-corrected chi connectivity index (χ4v) is 4.50. The molecule has 154 valence electrons. The molecule has 29 heavy (non-hydrogen) atoms. The van der Waals surface area contributed by atoms with E-state index in [0.717, 1.165) is 30.4 Å². The molecule has 0 bridgehead atoms. The second-order valence-corrected chi connectivity index (χ2v) is 7.84. The molecule has 2 aromatic carbocycles. The molecular weight excluding hydrogens is 364 g/mol. The Bertz CT molecular complexity index is 739. The van der Waals surface area contributed by atoms with Crippen LogP contribution in [-0.2, 0) is 14.3 Å². The van der Waals surface area contributed by atoms with Gasteiger partial charge < -0.3 is 9.84 Å². The van der Waals surface area contributed by atoms with E-state index in [4.69, 9.17) is 4.74 Å². The fourth-order valence-electron chi connectivity index (χ4n) is 4.50. The second kappa shape index (κ2) is 10.2. The summed E-state index contributed by atoms with van der Waals surface area (Å²) in [4.78, 5) is 25.2. The van der Waals surface area contributed by atoms with Gasteiger partial charge in [0.1, 0.15) is 0 Å². The Hall–Kier alpha value is -2.62. The summed E-state index contributed by atoms with van der Waals surface area (Å²) >= 11 is 0. The normalized spacial score (nSPS) is 23.2. The van der Waals surface area contributed by atoms with E-state index in [-0.39, 0.29) is 17.8 Å². The maximum atomic E-state index is 13.0. The number of carboxylic acids is 1. The van der Waals surface area contributed by atoms with Crippen LogP contribution in [0.5, 0.6) is 0 Å². The minimum Gasteiger partial charge on any atom is -0.481 e. The molecule has 1 fully saturated rings. The van der Waals surface area contributed by atoms with Gasteiger partial charge in [-0.1, -0.05) is 93.3 Å². The van der Waals surface area contributed by atoms with Gasteiger partial charge in [0, 0.05) is 11.8 Å². The Labute approximate surface area is 172 Å². The highest BCUT2D eigenvalue weighted by molar-refractivity contribution is 5.84. The lowest BCUT2D eigenvalue weighted by atomic mass is 9.52. The molecule has 4 nitrogen and oxygen atoms in total. The molecule has 1 aliphatic rings. The largest absolute Gasteiger partial charge is 0.481 e. The van der Waals surface area contributed by atoms with Crippen molar-refractivity contribution in [2.75, 3.05) is 6.61 Å². The van der Waals surface area contributed by atoms with Crippen molar-refractivity contribution < 1.29 is 19.4 Å². The number of rotatable bonds is 10. The molecule has 0 saturated heterocycles. The first-order valence-electron chi connectivity index (χ1n) is 10.6. The Balaban J connectivity index is 1.78. The highest BCUT2D eigenvalue weighted by Gasteiger charge is 2.59. The molecule has 4 heteroatoms. The quantitative estimate of drug-likeness (QED) is 0.433. The van der Waals surface area contributed by atoms with Crippen LogP contribution in [0.2, 0.25) is 0 Å². The average Bonchev–Trinajstić information content (AvgIpc) is 2.71. The van der Waals surface area contributed by atoms with Crippen molar-refractivity contribution in [2.24, 2.45) is 11.8 Å². The van der Waals surface area contributed by atoms with Gasteiger partial charge in [0.25, 0.3) is 0 Å². The van der Waals surface area contributed by atoms with E-state index in [9.17, 15) is 14.7 Å². The number of ether oxygens (including phenoxy) is 1. The lowest BCUT2D eigenvalue weighted by Gasteiger charge is -2.49. The van der Waals surface area contributed by atoms with Gasteiger partial charge in [0.05, 0.1) is 18.4 Å². The van der Waals surface area contributed by atoms with E-state index in [1.54, 1.807) is 0 Å². The number of carbonyl (C=O) groups is 2. The van der Waals surface area contributed by atoms with Gasteiger partial charge in [-0.05, 0) is 17.5 Å². The molecule has 0 aliphatic heterocycles. The molecule has 0 heterocycles. The van der Waals surface area contributed by atoms with Crippen molar-refractivity contribution in [1.29, 1.82) is 0 Å². The number of carboxylic acid groups (broad SMARTS) is 1. The number of aliphatic carboxylic acids is 1. The summed E-state index contributed by atoms with van der Waals surface area (Å²) < 4.78 is 5.63. The van der Waals surface area contributed by atoms with Crippen LogP contribution in [0.4, 0.5) is 0 Å². The summed E-state index contributed by atoms with van der Waals surface area (Å²) in [6, 6.07) is 19.0. The first-order chi connectivity index (χ1) is 14.1. The van der Waals surface area contributed by atoms with Crippen LogP contribution in [0, 0.1) is 11.8 Å². The minimum atomic E-state index is -0.865. The Kier molecular flexibility index (Phi) is 7.45. The fraction of sp³-hybridized carbons (Fsp3) is 0.440. The standard InChI is InChI=1S/C25H30O4/c1-2-3-4-5-12-17-29-25(28)23-20(18-13-8-6-9-14-18)22(24(26)27)21(23)19-15-10-7-11-16-19/h6-11,13-16,20-23H,2-5,12,17H2,1H3,(H,26,27). The highest BCUT2D eigenvalue weighted by Crippen LogP contribution is 2.58. The molecule has 0 amide bonds. The van der Waals surface area contributed by atoms with Crippen LogP contribution in [0.3, 0.4) is 0 Å². The minimum absolute atomic E-state index is 0.277. The molecule has 2 unspecified atom stereocenters. The third-order valence-electron chi connectivity index (χ3n) is 5.97. The van der Waals surface area contributed by atoms with Gasteiger partial charge in [-0.3, -0.25) is 9.59 Å². The first-order valence-corrected chi connectivity index (χ1v) is 10.6. The Morgan fingerprint density at radius 2 is 1.31 bits per heavy atom. The SMILES string of the molecule is CCCCCCCOC(=O)C1C(c2ccccc2)C(C(=O)O)C1c1ccccc1. The summed E-state index contributed by atoms with van der Waals surface area (Å²) in [6.07, 6.45) is 5.43. The Morgan fingerprint density at radius 1 is 0.793 bits per heavy atom. The number of unbranched alkanes of at least 4 members (excludes halogenated alkanes) is 4. The van der Waals surface area contributed by atoms with Crippen molar-refractivity contribution >= 4 is 11.9 Å². The lowest BCUT2D eigenvalue weighted by molar-refractivity contribution is -0.164. The third-order valence-corrected chi connectivity index (χ3v) is 5.97. The van der Waals surface area contributed by atoms with Crippen LogP contribution >= 0.6 is 0 Å². The van der Waals surface area contributed by atoms with E-state index in [1.807, 2.05) is 60.7 Å². The predicted molar refractivity (Wildman–Crippen MR) is 113 cm³/mol. The zero-order valence-corrected chi connectivity index (χ0v) is 17.0. The number of hydrogen-bond donors (Lipinski definition) is 1. The molecule has 1 N–H and O–H groups in total. The maximum Gasteiger partial charge on any atom is 0.310 e. The first kappa shape index (κ1) is 21.1. The number of carbonyl (C=O) groups excluding carboxylic acids is 1. The molecule has 0 aromatic heterocycles. The lowest BCUT2D eigenvalue weighted by Crippen LogP contribution is -2.51. The van der Waals surface area contributed by atoms with Crippen LogP contribution in [0.25, 0.3) is 0 Å². The van der Waals surface area contributed by atoms with Crippen LogP contribution in [0.1, 0.15) is 62.0 Å². The van der Waals surface area contributed by atoms with Gasteiger partial charge in [0.2, 0.25) is 0 Å². The summed E-state index contributed by atoms with van der Waals surface area (Å²) in [5.74, 6) is -2.99. The molecule has 2 aromatic rings. The molecule has 3 rings (SSSR count). The molecule has 0 spiro atoms. The van der Waals surface area contributed by atoms with Crippen molar-refractivity contribution in [3.8, 4) is 0 Å². The molecular formula is C25H30O4. The smallest absolute Gasteiger partial charge is 0.310 e. The monoisotopic (exact) mass is 394 g/mol. The zero-order chi connectivity index (χ0) is 20.6. The highest BCUT2D eigenvalue weighted by atomic mass is 16.5. The molecule has 1 saturated carbocycles. The summed E-state index contributed by atoms with van der Waals surface area (Å²) in [6.45, 7) is 2.57. The summed E-state index contributed by atoms with van der Waals surface area (Å²) in [5, 5.41) is 9.94. The number of benzene rings is 2. The van der Waals surface area contributed by atoms with Crippen LogP contribution in [-0.4, -0.2) is 23.7 Å². The number of hydrogen-bond acceptors (Lipinski definition) is 3. The number of esters is 1. The maximum absolute atomic E-state index is 13.0. The predicted octanol–water partition coefficient (Wildman–Crippen LogP) is 5.40. The van der Waals surface area contributed by atoms with Crippen molar-refractivity contribution in [1.82, 2.24) is 0 Å². The summed E-state index contributed by atoms with van der Waals surface area (Å²) in [7, 11) is 0. The van der Waals surface area contributed by atoms with E-state index in [1.165, 1.54) is 12.8 Å². The average molecular weight is 395 g/mol. The van der Waals surface area contributed by atoms with Crippen LogP contribution < -0.4 is 0 Å². The zero-order valence-electron chi connectivity index (χ0n) is 17.0. The van der Waals surface area contributed by atoms with Crippen molar-refractivity contribution in [3.63, 3.8) is 0 Å². The molecule has 2 atom stereocenters. The topological polar surface area (TPSA) is 63.6 Å². The molecule has 0 radical (unpaired) electrons. The van der Waals surface area contributed by atoms with Gasteiger partial charge in [-0.2, -0.15) is 0 Å². The van der Waals surface area contributed by atoms with Gasteiger partial charge in [0.15, 0.2) is 0 Å². The van der Waals surface area contributed by atoms with Gasteiger partial charge in [-0.25, -0.2) is 0 Å². The molecule has 1 aliphatic carbocycles. The van der Waals surface area contributed by atoms with E-state index in [2.05, 4.69) is 6.92 Å². The van der Waals surface area contributed by atoms with E-state index >= 15 is 0 Å².